The molecule has 0 aliphatic heterocycles. The first-order chi connectivity index (χ1) is 29.6. The zero-order chi connectivity index (χ0) is 41.0. The highest BCUT2D eigenvalue weighted by Crippen LogP contribution is 2.58. The van der Waals surface area contributed by atoms with Crippen molar-refractivity contribution in [3.63, 3.8) is 0 Å². The van der Waals surface area contributed by atoms with Crippen molar-refractivity contribution in [2.45, 2.75) is 25.6 Å². The number of hydrogen-bond donors (Lipinski definition) is 0. The van der Waals surface area contributed by atoms with Gasteiger partial charge < -0.3 is 18.9 Å². The minimum atomic E-state index is -2.06. The van der Waals surface area contributed by atoms with Crippen molar-refractivity contribution >= 4 is 29.5 Å². The van der Waals surface area contributed by atoms with Gasteiger partial charge >= 0.3 is 0 Å². The Bertz CT molecular complexity index is 2520. The fraction of sp³-hybridized carbons (Fsp3) is 0.0926. The molecule has 0 spiro atoms. The Morgan fingerprint density at radius 1 is 0.433 bits per heavy atom. The van der Waals surface area contributed by atoms with Crippen molar-refractivity contribution in [1.82, 2.24) is 0 Å². The molecule has 60 heavy (non-hydrogen) atoms. The second-order valence-corrected chi connectivity index (χ2v) is 18.0. The van der Waals surface area contributed by atoms with Gasteiger partial charge in [0, 0.05) is 0 Å². The third-order valence-electron chi connectivity index (χ3n) is 10.6. The first kappa shape index (κ1) is 39.9. The molecule has 8 rings (SSSR count). The van der Waals surface area contributed by atoms with Crippen molar-refractivity contribution < 1.29 is 23.7 Å². The molecule has 0 atom stereocenters. The zero-order valence-electron chi connectivity index (χ0n) is 33.5. The van der Waals surface area contributed by atoms with Crippen LogP contribution in [0.15, 0.2) is 206 Å². The predicted octanol–water partition coefficient (Wildman–Crippen LogP) is 12.0. The number of aryl methyl sites for hydroxylation is 2. The number of methoxy groups -OCH3 is 1. The van der Waals surface area contributed by atoms with Crippen LogP contribution in [0.4, 0.5) is 0 Å². The molecule has 0 N–H and O–H groups in total. The number of carbonyl (C=O) groups excluding carboxylic acids is 1. The van der Waals surface area contributed by atoms with Gasteiger partial charge in [0.2, 0.25) is 0 Å². The standard InChI is InChI=1S/C54H46O5P/c1-56-47-32-34-52(45(37-47)38-55)59-48-18-14-17-41(35-48)25-26-42-29-33-53(57-39-43-15-6-2-7-16-43)54(36-42)58-46-30-27-44(28-31-46)40-60(49-19-8-3-9-20-49,50-21-10-4-11-22-50)51-23-12-5-13-24-51/h2-24,27-38H,25-26,39-40H2,1H3/q+1. The Morgan fingerprint density at radius 2 is 0.950 bits per heavy atom. The van der Waals surface area contributed by atoms with Crippen LogP contribution in [0, 0.1) is 0 Å². The highest BCUT2D eigenvalue weighted by atomic mass is 31.2. The quantitative estimate of drug-likeness (QED) is 0.0678. The first-order valence-electron chi connectivity index (χ1n) is 20.1. The van der Waals surface area contributed by atoms with Gasteiger partial charge in [0.05, 0.1) is 18.8 Å². The SMILES string of the molecule is COc1ccc(Oc2cccc(CCc3ccc(OCc4ccccc4)c(Oc4ccc(C[P+](c5ccccc5)(c5ccccc5)c5ccccc5)cc4)c3)c2)c(C=O)c1. The van der Waals surface area contributed by atoms with Gasteiger partial charge in [-0.05, 0) is 126 Å². The number of hydrogen-bond acceptors (Lipinski definition) is 5. The summed E-state index contributed by atoms with van der Waals surface area (Å²) in [5.74, 6) is 3.82. The van der Waals surface area contributed by atoms with Gasteiger partial charge in [-0.15, -0.1) is 0 Å². The molecule has 5 nitrogen and oxygen atoms in total. The molecular weight excluding hydrogens is 760 g/mol. The molecular formula is C54H46O5P+. The summed E-state index contributed by atoms with van der Waals surface area (Å²) in [6.07, 6.45) is 3.19. The van der Waals surface area contributed by atoms with E-state index in [1.165, 1.54) is 21.5 Å². The van der Waals surface area contributed by atoms with E-state index in [0.717, 1.165) is 47.7 Å². The van der Waals surface area contributed by atoms with E-state index in [1.807, 2.05) is 42.5 Å². The molecule has 0 amide bonds. The lowest BCUT2D eigenvalue weighted by molar-refractivity contribution is 0.112. The number of benzene rings is 8. The van der Waals surface area contributed by atoms with E-state index in [1.54, 1.807) is 25.3 Å². The van der Waals surface area contributed by atoms with Crippen LogP contribution < -0.4 is 34.9 Å². The van der Waals surface area contributed by atoms with Crippen LogP contribution in [-0.2, 0) is 25.6 Å². The first-order valence-corrected chi connectivity index (χ1v) is 22.1. The number of carbonyl (C=O) groups is 1. The summed E-state index contributed by atoms with van der Waals surface area (Å²) in [7, 11) is -0.486. The van der Waals surface area contributed by atoms with Gasteiger partial charge in [0.1, 0.15) is 52.8 Å². The summed E-state index contributed by atoms with van der Waals surface area (Å²) in [5.41, 5.74) is 4.97. The van der Waals surface area contributed by atoms with Crippen LogP contribution in [-0.4, -0.2) is 13.4 Å². The van der Waals surface area contributed by atoms with E-state index in [0.29, 0.717) is 40.9 Å². The van der Waals surface area contributed by atoms with E-state index in [-0.39, 0.29) is 0 Å². The predicted molar refractivity (Wildman–Crippen MR) is 245 cm³/mol. The van der Waals surface area contributed by atoms with Crippen molar-refractivity contribution in [2.75, 3.05) is 7.11 Å². The molecule has 0 aliphatic rings. The zero-order valence-corrected chi connectivity index (χ0v) is 34.4. The Morgan fingerprint density at radius 3 is 1.55 bits per heavy atom. The van der Waals surface area contributed by atoms with Crippen LogP contribution in [0.1, 0.15) is 32.6 Å². The monoisotopic (exact) mass is 805 g/mol. The van der Waals surface area contributed by atoms with Crippen molar-refractivity contribution in [3.8, 4) is 34.5 Å². The van der Waals surface area contributed by atoms with Crippen molar-refractivity contribution in [3.05, 3.63) is 234 Å². The number of rotatable bonds is 17. The average molecular weight is 806 g/mol. The molecule has 0 unspecified atom stereocenters. The largest absolute Gasteiger partial charge is 0.497 e. The second kappa shape index (κ2) is 19.2. The molecule has 8 aromatic carbocycles. The van der Waals surface area contributed by atoms with Gasteiger partial charge in [0.15, 0.2) is 17.8 Å². The van der Waals surface area contributed by atoms with Gasteiger partial charge in [-0.2, -0.15) is 0 Å². The minimum absolute atomic E-state index is 0.423. The second-order valence-electron chi connectivity index (χ2n) is 14.5. The Hall–Kier alpha value is -6.94. The highest BCUT2D eigenvalue weighted by Gasteiger charge is 2.45. The third-order valence-corrected chi connectivity index (χ3v) is 15.0. The maximum Gasteiger partial charge on any atom is 0.169 e. The summed E-state index contributed by atoms with van der Waals surface area (Å²) in [5, 5.41) is 4.05. The fourth-order valence-corrected chi connectivity index (χ4v) is 11.7. The lowest BCUT2D eigenvalue weighted by Crippen LogP contribution is -2.32. The van der Waals surface area contributed by atoms with Gasteiger partial charge in [-0.1, -0.05) is 115 Å². The Kier molecular flexibility index (Phi) is 12.8. The van der Waals surface area contributed by atoms with E-state index in [4.69, 9.17) is 18.9 Å². The maximum absolute atomic E-state index is 11.8. The van der Waals surface area contributed by atoms with E-state index in [9.17, 15) is 4.79 Å². The molecule has 296 valence electrons. The Labute approximate surface area is 353 Å². The smallest absolute Gasteiger partial charge is 0.169 e. The normalized spacial score (nSPS) is 11.1. The molecule has 0 fully saturated rings. The van der Waals surface area contributed by atoms with Crippen LogP contribution in [0.25, 0.3) is 0 Å². The summed E-state index contributed by atoms with van der Waals surface area (Å²) in [6.45, 7) is 0.423. The minimum Gasteiger partial charge on any atom is -0.497 e. The molecule has 0 saturated heterocycles. The molecule has 0 heterocycles. The van der Waals surface area contributed by atoms with E-state index >= 15 is 0 Å². The molecule has 8 aromatic rings. The maximum atomic E-state index is 11.8. The van der Waals surface area contributed by atoms with Crippen LogP contribution in [0.3, 0.4) is 0 Å². The number of aldehydes is 1. The van der Waals surface area contributed by atoms with Crippen LogP contribution in [0.5, 0.6) is 34.5 Å². The number of ether oxygens (including phenoxy) is 4. The van der Waals surface area contributed by atoms with Gasteiger partial charge in [0.25, 0.3) is 0 Å². The summed E-state index contributed by atoms with van der Waals surface area (Å²) >= 11 is 0. The highest BCUT2D eigenvalue weighted by molar-refractivity contribution is 7.95. The molecule has 0 aliphatic carbocycles. The van der Waals surface area contributed by atoms with Crippen LogP contribution >= 0.6 is 7.26 Å². The summed E-state index contributed by atoms with van der Waals surface area (Å²) in [4.78, 5) is 11.8. The molecule has 0 radical (unpaired) electrons. The topological polar surface area (TPSA) is 54.0 Å². The molecule has 6 heteroatoms. The van der Waals surface area contributed by atoms with Crippen LogP contribution in [0.2, 0.25) is 0 Å². The lowest BCUT2D eigenvalue weighted by Gasteiger charge is -2.28. The van der Waals surface area contributed by atoms with Crippen molar-refractivity contribution in [2.24, 2.45) is 0 Å². The van der Waals surface area contributed by atoms with Gasteiger partial charge in [-0.3, -0.25) is 4.79 Å². The third kappa shape index (κ3) is 9.50. The summed E-state index contributed by atoms with van der Waals surface area (Å²) in [6, 6.07) is 71.0. The average Bonchev–Trinajstić information content (AvgIpc) is 3.32. The van der Waals surface area contributed by atoms with Gasteiger partial charge in [-0.25, -0.2) is 0 Å². The fourth-order valence-electron chi connectivity index (χ4n) is 7.49. The molecule has 0 bridgehead atoms. The Balaban J connectivity index is 1.04. The molecule has 0 aromatic heterocycles. The summed E-state index contributed by atoms with van der Waals surface area (Å²) < 4.78 is 24.5. The lowest BCUT2D eigenvalue weighted by atomic mass is 10.0. The van der Waals surface area contributed by atoms with E-state index in [2.05, 4.69) is 146 Å². The van der Waals surface area contributed by atoms with E-state index < -0.39 is 7.26 Å². The van der Waals surface area contributed by atoms with Crippen molar-refractivity contribution in [1.29, 1.82) is 0 Å². The molecule has 0 saturated carbocycles.